The Morgan fingerprint density at radius 2 is 2.35 bits per heavy atom. The van der Waals surface area contributed by atoms with Crippen LogP contribution in [0.1, 0.15) is 31.6 Å². The average molecular weight is 301 g/mol. The fraction of sp³-hybridized carbons (Fsp3) is 0.615. The Balaban J connectivity index is 2.24. The van der Waals surface area contributed by atoms with E-state index in [2.05, 4.69) is 0 Å². The minimum Gasteiger partial charge on any atom is -0.481 e. The number of aliphatic carboxylic acids is 1. The molecule has 1 aromatic rings. The lowest BCUT2D eigenvalue weighted by atomic mass is 10.1. The summed E-state index contributed by atoms with van der Waals surface area (Å²) in [6, 6.07) is 3.05. The van der Waals surface area contributed by atoms with Crippen LogP contribution in [-0.2, 0) is 14.6 Å². The predicted molar refractivity (Wildman–Crippen MR) is 73.1 cm³/mol. The number of nitrogens with zero attached hydrogens (tertiary/aromatic N) is 1. The number of sulfone groups is 1. The number of rotatable bonds is 5. The predicted octanol–water partition coefficient (Wildman–Crippen LogP) is 1.30. The van der Waals surface area contributed by atoms with Crippen molar-refractivity contribution in [2.24, 2.45) is 0 Å². The third kappa shape index (κ3) is 3.40. The van der Waals surface area contributed by atoms with Gasteiger partial charge in [-0.15, -0.1) is 0 Å². The van der Waals surface area contributed by atoms with Crippen molar-refractivity contribution in [1.82, 2.24) is 4.90 Å². The Hall–Kier alpha value is -1.34. The van der Waals surface area contributed by atoms with Crippen LogP contribution in [0.5, 0.6) is 0 Å². The molecule has 0 amide bonds. The van der Waals surface area contributed by atoms with Gasteiger partial charge in [0.25, 0.3) is 0 Å². The molecule has 2 unspecified atom stereocenters. The van der Waals surface area contributed by atoms with Crippen LogP contribution in [0.4, 0.5) is 0 Å². The maximum Gasteiger partial charge on any atom is 0.304 e. The summed E-state index contributed by atoms with van der Waals surface area (Å²) in [6.45, 7) is 2.33. The lowest BCUT2D eigenvalue weighted by Crippen LogP contribution is -2.50. The molecular formula is C13H19NO5S. The summed E-state index contributed by atoms with van der Waals surface area (Å²) in [5.41, 5.74) is 0. The van der Waals surface area contributed by atoms with Crippen LogP contribution in [0.2, 0.25) is 0 Å². The van der Waals surface area contributed by atoms with Crippen LogP contribution in [0, 0.1) is 0 Å². The molecule has 0 aromatic carbocycles. The molecule has 1 fully saturated rings. The third-order valence-electron chi connectivity index (χ3n) is 3.64. The maximum absolute atomic E-state index is 11.7. The SMILES string of the molecule is CCC(c1ccco1)N1CCS(=O)(=O)CC1CC(=O)O. The van der Waals surface area contributed by atoms with Crippen LogP contribution >= 0.6 is 0 Å². The molecule has 1 aliphatic rings. The van der Waals surface area contributed by atoms with Gasteiger partial charge in [-0.05, 0) is 18.6 Å². The lowest BCUT2D eigenvalue weighted by Gasteiger charge is -2.39. The quantitative estimate of drug-likeness (QED) is 0.882. The van der Waals surface area contributed by atoms with E-state index in [-0.39, 0.29) is 24.0 Å². The Kier molecular flexibility index (Phi) is 4.49. The zero-order valence-corrected chi connectivity index (χ0v) is 12.2. The van der Waals surface area contributed by atoms with Crippen molar-refractivity contribution in [3.63, 3.8) is 0 Å². The molecular weight excluding hydrogens is 282 g/mol. The van der Waals surface area contributed by atoms with Crippen molar-refractivity contribution in [2.75, 3.05) is 18.1 Å². The van der Waals surface area contributed by atoms with E-state index < -0.39 is 21.8 Å². The molecule has 20 heavy (non-hydrogen) atoms. The molecule has 7 heteroatoms. The first-order valence-corrected chi connectivity index (χ1v) is 8.46. The van der Waals surface area contributed by atoms with Gasteiger partial charge in [-0.2, -0.15) is 0 Å². The molecule has 0 aliphatic carbocycles. The third-order valence-corrected chi connectivity index (χ3v) is 5.34. The largest absolute Gasteiger partial charge is 0.481 e. The molecule has 0 spiro atoms. The lowest BCUT2D eigenvalue weighted by molar-refractivity contribution is -0.138. The van der Waals surface area contributed by atoms with E-state index in [0.717, 1.165) is 12.2 Å². The normalized spacial score (nSPS) is 24.4. The highest BCUT2D eigenvalue weighted by Crippen LogP contribution is 2.30. The second kappa shape index (κ2) is 5.97. The van der Waals surface area contributed by atoms with Crippen LogP contribution in [0.3, 0.4) is 0 Å². The van der Waals surface area contributed by atoms with Crippen molar-refractivity contribution in [2.45, 2.75) is 31.8 Å². The van der Waals surface area contributed by atoms with Crippen molar-refractivity contribution in [3.8, 4) is 0 Å². The number of hydrogen-bond acceptors (Lipinski definition) is 5. The van der Waals surface area contributed by atoms with Gasteiger partial charge in [-0.1, -0.05) is 6.92 Å². The van der Waals surface area contributed by atoms with Gasteiger partial charge in [0.15, 0.2) is 9.84 Å². The van der Waals surface area contributed by atoms with E-state index in [1.165, 1.54) is 0 Å². The number of carbonyl (C=O) groups is 1. The smallest absolute Gasteiger partial charge is 0.304 e. The molecule has 1 saturated heterocycles. The molecule has 0 radical (unpaired) electrons. The number of furan rings is 1. The molecule has 0 saturated carbocycles. The summed E-state index contributed by atoms with van der Waals surface area (Å²) in [6.07, 6.45) is 2.14. The van der Waals surface area contributed by atoms with E-state index in [0.29, 0.717) is 6.54 Å². The Morgan fingerprint density at radius 3 is 2.90 bits per heavy atom. The molecule has 2 heterocycles. The van der Waals surface area contributed by atoms with Gasteiger partial charge >= 0.3 is 5.97 Å². The Morgan fingerprint density at radius 1 is 1.60 bits per heavy atom. The molecule has 1 N–H and O–H groups in total. The van der Waals surface area contributed by atoms with E-state index >= 15 is 0 Å². The molecule has 6 nitrogen and oxygen atoms in total. The zero-order valence-electron chi connectivity index (χ0n) is 11.4. The summed E-state index contributed by atoms with van der Waals surface area (Å²) < 4.78 is 28.9. The fourth-order valence-corrected chi connectivity index (χ4v) is 4.32. The number of carboxylic acid groups (broad SMARTS) is 1. The summed E-state index contributed by atoms with van der Waals surface area (Å²) >= 11 is 0. The average Bonchev–Trinajstić information content (AvgIpc) is 2.85. The minimum absolute atomic E-state index is 0.0698. The summed E-state index contributed by atoms with van der Waals surface area (Å²) in [7, 11) is -3.16. The topological polar surface area (TPSA) is 87.8 Å². The fourth-order valence-electron chi connectivity index (χ4n) is 2.77. The Bertz CT molecular complexity index is 551. The van der Waals surface area contributed by atoms with Gasteiger partial charge in [-0.3, -0.25) is 9.69 Å². The monoisotopic (exact) mass is 301 g/mol. The first kappa shape index (κ1) is 15.1. The highest BCUT2D eigenvalue weighted by molar-refractivity contribution is 7.91. The standard InChI is InChI=1S/C13H19NO5S/c1-2-11(12-4-3-6-19-12)14-5-7-20(17,18)9-10(14)8-13(15)16/h3-4,6,10-11H,2,5,7-9H2,1H3,(H,15,16). The molecule has 0 bridgehead atoms. The van der Waals surface area contributed by atoms with Crippen LogP contribution in [0.25, 0.3) is 0 Å². The van der Waals surface area contributed by atoms with E-state index in [1.54, 1.807) is 12.3 Å². The van der Waals surface area contributed by atoms with Crippen LogP contribution in [0.15, 0.2) is 22.8 Å². The second-order valence-electron chi connectivity index (χ2n) is 5.04. The van der Waals surface area contributed by atoms with Crippen LogP contribution < -0.4 is 0 Å². The first-order valence-electron chi connectivity index (χ1n) is 6.64. The zero-order chi connectivity index (χ0) is 14.8. The van der Waals surface area contributed by atoms with Gasteiger partial charge in [0.2, 0.25) is 0 Å². The van der Waals surface area contributed by atoms with Gasteiger partial charge in [-0.25, -0.2) is 8.42 Å². The number of hydrogen-bond donors (Lipinski definition) is 1. The summed E-state index contributed by atoms with van der Waals surface area (Å²) in [4.78, 5) is 12.9. The van der Waals surface area contributed by atoms with Crippen molar-refractivity contribution in [1.29, 1.82) is 0 Å². The molecule has 112 valence electrons. The van der Waals surface area contributed by atoms with Gasteiger partial charge in [0, 0.05) is 12.6 Å². The van der Waals surface area contributed by atoms with E-state index in [1.807, 2.05) is 17.9 Å². The summed E-state index contributed by atoms with van der Waals surface area (Å²) in [5.74, 6) is -0.259. The van der Waals surface area contributed by atoms with Crippen molar-refractivity contribution >= 4 is 15.8 Å². The first-order chi connectivity index (χ1) is 9.43. The number of carboxylic acids is 1. The van der Waals surface area contributed by atoms with Gasteiger partial charge < -0.3 is 9.52 Å². The maximum atomic E-state index is 11.7. The minimum atomic E-state index is -3.16. The van der Waals surface area contributed by atoms with Crippen molar-refractivity contribution < 1.29 is 22.7 Å². The second-order valence-corrected chi connectivity index (χ2v) is 7.27. The molecule has 2 atom stereocenters. The van der Waals surface area contributed by atoms with E-state index in [9.17, 15) is 13.2 Å². The summed E-state index contributed by atoms with van der Waals surface area (Å²) in [5, 5.41) is 8.99. The van der Waals surface area contributed by atoms with Gasteiger partial charge in [0.05, 0.1) is 30.2 Å². The molecule has 1 aromatic heterocycles. The molecule has 2 rings (SSSR count). The highest BCUT2D eigenvalue weighted by atomic mass is 32.2. The van der Waals surface area contributed by atoms with E-state index in [4.69, 9.17) is 9.52 Å². The van der Waals surface area contributed by atoms with Crippen LogP contribution in [-0.4, -0.2) is 48.5 Å². The Labute approximate surface area is 118 Å². The highest BCUT2D eigenvalue weighted by Gasteiger charge is 2.37. The molecule has 1 aliphatic heterocycles. The van der Waals surface area contributed by atoms with Gasteiger partial charge in [0.1, 0.15) is 5.76 Å². The van der Waals surface area contributed by atoms with Crippen molar-refractivity contribution in [3.05, 3.63) is 24.2 Å².